The third kappa shape index (κ3) is 3.29. The van der Waals surface area contributed by atoms with Crippen LogP contribution in [0.2, 0.25) is 0 Å². The van der Waals surface area contributed by atoms with E-state index in [1.165, 1.54) is 16.7 Å². The Kier molecular flexibility index (Phi) is 3.97. The fourth-order valence-electron chi connectivity index (χ4n) is 2.08. The molecular weight excluding hydrogens is 270 g/mol. The van der Waals surface area contributed by atoms with E-state index in [9.17, 15) is 0 Å². The molecule has 1 saturated heterocycles. The number of nitrogens with one attached hydrogen (secondary N) is 1. The predicted octanol–water partition coefficient (Wildman–Crippen LogP) is 0.274. The number of nitrogens with two attached hydrogens (primary N) is 1. The van der Waals surface area contributed by atoms with Crippen LogP contribution < -0.4 is 16.2 Å². The van der Waals surface area contributed by atoms with E-state index in [2.05, 4.69) is 37.8 Å². The number of aromatic nitrogens is 3. The first-order chi connectivity index (χ1) is 10.3. The van der Waals surface area contributed by atoms with E-state index in [0.29, 0.717) is 5.95 Å². The molecule has 0 spiro atoms. The van der Waals surface area contributed by atoms with Crippen LogP contribution in [0.5, 0.6) is 0 Å². The molecule has 8 heteroatoms. The highest BCUT2D eigenvalue weighted by Gasteiger charge is 2.10. The number of morpholine rings is 1. The Morgan fingerprint density at radius 1 is 1.24 bits per heavy atom. The molecule has 0 radical (unpaired) electrons. The van der Waals surface area contributed by atoms with Crippen LogP contribution in [0.15, 0.2) is 35.7 Å². The zero-order valence-corrected chi connectivity index (χ0v) is 11.5. The summed E-state index contributed by atoms with van der Waals surface area (Å²) >= 11 is 0. The smallest absolute Gasteiger partial charge is 0.263 e. The maximum atomic E-state index is 5.56. The molecule has 0 amide bonds. The zero-order valence-electron chi connectivity index (χ0n) is 11.5. The van der Waals surface area contributed by atoms with Gasteiger partial charge >= 0.3 is 0 Å². The minimum Gasteiger partial charge on any atom is -0.378 e. The Bertz CT molecular complexity index is 601. The normalized spacial score (nSPS) is 15.5. The van der Waals surface area contributed by atoms with Gasteiger partial charge < -0.3 is 15.5 Å². The molecule has 1 aliphatic heterocycles. The third-order valence-electron chi connectivity index (χ3n) is 3.22. The second-order valence-electron chi connectivity index (χ2n) is 4.62. The standard InChI is InChI=1S/C13H17N7O/c14-20-10-16-18-13(20)17-15-9-11-1-3-12(4-2-11)19-5-7-21-8-6-19/h1-4,9-10H,5-8,14H2,(H,17,18)/b15-9+. The first-order valence-electron chi connectivity index (χ1n) is 6.70. The first kappa shape index (κ1) is 13.4. The van der Waals surface area contributed by atoms with Crippen LogP contribution in [0.25, 0.3) is 0 Å². The average molecular weight is 287 g/mol. The summed E-state index contributed by atoms with van der Waals surface area (Å²) in [5, 5.41) is 11.5. The van der Waals surface area contributed by atoms with Gasteiger partial charge in [-0.2, -0.15) is 5.10 Å². The summed E-state index contributed by atoms with van der Waals surface area (Å²) in [5.41, 5.74) is 4.91. The number of hydrogen-bond acceptors (Lipinski definition) is 7. The van der Waals surface area contributed by atoms with E-state index >= 15 is 0 Å². The number of nitrogen functional groups attached to an aromatic ring is 1. The second-order valence-corrected chi connectivity index (χ2v) is 4.62. The summed E-state index contributed by atoms with van der Waals surface area (Å²) in [5.74, 6) is 5.95. The zero-order chi connectivity index (χ0) is 14.5. The molecule has 1 aliphatic rings. The van der Waals surface area contributed by atoms with Crippen molar-refractivity contribution < 1.29 is 4.74 Å². The Morgan fingerprint density at radius 2 is 2.00 bits per heavy atom. The van der Waals surface area contributed by atoms with Crippen molar-refractivity contribution in [2.45, 2.75) is 0 Å². The minimum atomic E-state index is 0.385. The van der Waals surface area contributed by atoms with Gasteiger partial charge in [0, 0.05) is 18.8 Å². The highest BCUT2D eigenvalue weighted by Crippen LogP contribution is 2.15. The highest BCUT2D eigenvalue weighted by molar-refractivity contribution is 5.80. The van der Waals surface area contributed by atoms with Crippen LogP contribution in [0.4, 0.5) is 11.6 Å². The van der Waals surface area contributed by atoms with E-state index in [0.717, 1.165) is 31.9 Å². The van der Waals surface area contributed by atoms with E-state index < -0.39 is 0 Å². The van der Waals surface area contributed by atoms with Gasteiger partial charge in [0.25, 0.3) is 5.95 Å². The van der Waals surface area contributed by atoms with E-state index in [1.807, 2.05) is 12.1 Å². The molecular formula is C13H17N7O. The van der Waals surface area contributed by atoms with Crippen LogP contribution in [0.3, 0.4) is 0 Å². The third-order valence-corrected chi connectivity index (χ3v) is 3.22. The van der Waals surface area contributed by atoms with Gasteiger partial charge in [0.2, 0.25) is 0 Å². The average Bonchev–Trinajstić information content (AvgIpc) is 2.94. The Hall–Kier alpha value is -2.61. The van der Waals surface area contributed by atoms with Crippen molar-refractivity contribution in [3.8, 4) is 0 Å². The lowest BCUT2D eigenvalue weighted by Gasteiger charge is -2.28. The Morgan fingerprint density at radius 3 is 2.67 bits per heavy atom. The van der Waals surface area contributed by atoms with Gasteiger partial charge in [0.15, 0.2) is 0 Å². The molecule has 1 aromatic heterocycles. The van der Waals surface area contributed by atoms with Crippen molar-refractivity contribution in [2.24, 2.45) is 5.10 Å². The lowest BCUT2D eigenvalue weighted by atomic mass is 10.2. The molecule has 3 N–H and O–H groups in total. The summed E-state index contributed by atoms with van der Waals surface area (Å²) in [6.07, 6.45) is 3.10. The molecule has 110 valence electrons. The van der Waals surface area contributed by atoms with Gasteiger partial charge in [-0.1, -0.05) is 12.1 Å². The minimum absolute atomic E-state index is 0.385. The molecule has 1 aromatic carbocycles. The van der Waals surface area contributed by atoms with Crippen molar-refractivity contribution in [3.05, 3.63) is 36.2 Å². The fourth-order valence-corrected chi connectivity index (χ4v) is 2.08. The van der Waals surface area contributed by atoms with Crippen LogP contribution in [-0.4, -0.2) is 47.4 Å². The van der Waals surface area contributed by atoms with Crippen molar-refractivity contribution in [1.82, 2.24) is 14.9 Å². The van der Waals surface area contributed by atoms with E-state index in [4.69, 9.17) is 10.6 Å². The van der Waals surface area contributed by atoms with Crippen molar-refractivity contribution in [2.75, 3.05) is 42.5 Å². The van der Waals surface area contributed by atoms with Gasteiger partial charge in [0.1, 0.15) is 6.33 Å². The molecule has 3 rings (SSSR count). The SMILES string of the molecule is Nn1cnnc1N/N=C/c1ccc(N2CCOCC2)cc1. The molecule has 21 heavy (non-hydrogen) atoms. The molecule has 2 aromatic rings. The van der Waals surface area contributed by atoms with Gasteiger partial charge in [-0.15, -0.1) is 10.2 Å². The summed E-state index contributed by atoms with van der Waals surface area (Å²) in [6, 6.07) is 8.20. The van der Waals surface area contributed by atoms with E-state index in [-0.39, 0.29) is 0 Å². The topological polar surface area (TPSA) is 93.6 Å². The molecule has 0 saturated carbocycles. The van der Waals surface area contributed by atoms with Gasteiger partial charge in [-0.05, 0) is 17.7 Å². The largest absolute Gasteiger partial charge is 0.378 e. The summed E-state index contributed by atoms with van der Waals surface area (Å²) in [7, 11) is 0. The second kappa shape index (κ2) is 6.23. The van der Waals surface area contributed by atoms with Crippen LogP contribution in [-0.2, 0) is 4.74 Å². The number of rotatable bonds is 4. The molecule has 2 heterocycles. The summed E-state index contributed by atoms with van der Waals surface area (Å²) in [4.78, 5) is 2.31. The fraction of sp³-hybridized carbons (Fsp3) is 0.308. The molecule has 8 nitrogen and oxygen atoms in total. The Labute approximate surface area is 122 Å². The van der Waals surface area contributed by atoms with Gasteiger partial charge in [-0.25, -0.2) is 10.1 Å². The number of hydrazone groups is 1. The Balaban J connectivity index is 1.60. The van der Waals surface area contributed by atoms with Gasteiger partial charge in [-0.3, -0.25) is 0 Å². The molecule has 0 bridgehead atoms. The van der Waals surface area contributed by atoms with Crippen molar-refractivity contribution in [3.63, 3.8) is 0 Å². The molecule has 0 aliphatic carbocycles. The van der Waals surface area contributed by atoms with Gasteiger partial charge in [0.05, 0.1) is 19.4 Å². The number of ether oxygens (including phenoxy) is 1. The summed E-state index contributed by atoms with van der Waals surface area (Å²) in [6.45, 7) is 3.43. The van der Waals surface area contributed by atoms with Crippen LogP contribution in [0.1, 0.15) is 5.56 Å². The highest BCUT2D eigenvalue weighted by atomic mass is 16.5. The van der Waals surface area contributed by atoms with E-state index in [1.54, 1.807) is 6.21 Å². The monoisotopic (exact) mass is 287 g/mol. The molecule has 0 atom stereocenters. The lowest BCUT2D eigenvalue weighted by Crippen LogP contribution is -2.36. The lowest BCUT2D eigenvalue weighted by molar-refractivity contribution is 0.122. The molecule has 1 fully saturated rings. The predicted molar refractivity (Wildman–Crippen MR) is 80.9 cm³/mol. The maximum Gasteiger partial charge on any atom is 0.263 e. The maximum absolute atomic E-state index is 5.56. The number of benzene rings is 1. The van der Waals surface area contributed by atoms with Crippen molar-refractivity contribution in [1.29, 1.82) is 0 Å². The van der Waals surface area contributed by atoms with Crippen molar-refractivity contribution >= 4 is 17.9 Å². The number of nitrogens with zero attached hydrogens (tertiary/aromatic N) is 5. The number of anilines is 2. The van der Waals surface area contributed by atoms with Crippen LogP contribution in [0, 0.1) is 0 Å². The quantitative estimate of drug-likeness (QED) is 0.476. The summed E-state index contributed by atoms with van der Waals surface area (Å²) < 4.78 is 6.61. The first-order valence-corrected chi connectivity index (χ1v) is 6.70. The number of hydrogen-bond donors (Lipinski definition) is 2. The van der Waals surface area contributed by atoms with Crippen LogP contribution >= 0.6 is 0 Å². The molecule has 0 unspecified atom stereocenters.